The van der Waals surface area contributed by atoms with Crippen LogP contribution in [0.25, 0.3) is 0 Å². The van der Waals surface area contributed by atoms with Crippen LogP contribution in [-0.4, -0.2) is 54.0 Å². The van der Waals surface area contributed by atoms with Crippen LogP contribution in [0, 0.1) is 0 Å². The molecule has 0 radical (unpaired) electrons. The summed E-state index contributed by atoms with van der Waals surface area (Å²) in [5, 5.41) is 0. The van der Waals surface area contributed by atoms with Crippen molar-refractivity contribution in [3.05, 3.63) is 47.7 Å². The van der Waals surface area contributed by atoms with Gasteiger partial charge in [0.15, 0.2) is 0 Å². The number of carbonyl (C=O) groups is 1. The molecule has 0 N–H and O–H groups in total. The first-order valence-electron chi connectivity index (χ1n) is 10.4. The average molecular weight is 400 g/mol. The largest absolute Gasteiger partial charge is 0.497 e. The number of carbonyl (C=O) groups excluding carboxylic acids is 1. The molecule has 0 aliphatic carbocycles. The SMILES string of the molecule is COc1ccc(CCC(=O)N2CCCN(Cc3ncc(C(C)(C)C)o3)CC2)cc1. The first kappa shape index (κ1) is 21.4. The van der Waals surface area contributed by atoms with Gasteiger partial charge in [0.1, 0.15) is 11.5 Å². The van der Waals surface area contributed by atoms with Crippen molar-refractivity contribution >= 4 is 5.91 Å². The number of aryl methyl sites for hydroxylation is 1. The molecule has 1 aliphatic heterocycles. The van der Waals surface area contributed by atoms with Gasteiger partial charge in [0, 0.05) is 38.0 Å². The zero-order valence-corrected chi connectivity index (χ0v) is 18.1. The lowest BCUT2D eigenvalue weighted by Gasteiger charge is -2.21. The number of aromatic nitrogens is 1. The van der Waals surface area contributed by atoms with E-state index in [9.17, 15) is 4.79 Å². The monoisotopic (exact) mass is 399 g/mol. The van der Waals surface area contributed by atoms with Crippen molar-refractivity contribution in [2.24, 2.45) is 0 Å². The van der Waals surface area contributed by atoms with Crippen LogP contribution in [-0.2, 0) is 23.2 Å². The molecule has 1 aromatic carbocycles. The molecule has 2 aromatic rings. The van der Waals surface area contributed by atoms with E-state index in [1.54, 1.807) is 7.11 Å². The van der Waals surface area contributed by atoms with Crippen molar-refractivity contribution in [1.82, 2.24) is 14.8 Å². The molecule has 2 heterocycles. The number of ether oxygens (including phenoxy) is 1. The minimum atomic E-state index is -0.0306. The maximum atomic E-state index is 12.7. The Morgan fingerprint density at radius 1 is 1.14 bits per heavy atom. The van der Waals surface area contributed by atoms with E-state index in [-0.39, 0.29) is 11.3 Å². The van der Waals surface area contributed by atoms with Crippen molar-refractivity contribution in [2.75, 3.05) is 33.3 Å². The van der Waals surface area contributed by atoms with Gasteiger partial charge in [0.25, 0.3) is 0 Å². The molecule has 1 amide bonds. The molecule has 158 valence electrons. The number of amides is 1. The molecular weight excluding hydrogens is 366 g/mol. The van der Waals surface area contributed by atoms with E-state index in [4.69, 9.17) is 9.15 Å². The molecule has 0 spiro atoms. The number of oxazole rings is 1. The highest BCUT2D eigenvalue weighted by Gasteiger charge is 2.22. The molecular formula is C23H33N3O3. The quantitative estimate of drug-likeness (QED) is 0.742. The zero-order valence-electron chi connectivity index (χ0n) is 18.1. The predicted molar refractivity (Wildman–Crippen MR) is 113 cm³/mol. The van der Waals surface area contributed by atoms with Gasteiger partial charge >= 0.3 is 0 Å². The first-order valence-corrected chi connectivity index (χ1v) is 10.4. The standard InChI is InChI=1S/C23H33N3O3/c1-23(2,3)20-16-24-21(29-20)17-25-12-5-13-26(15-14-25)22(27)11-8-18-6-9-19(28-4)10-7-18/h6-7,9-10,16H,5,8,11-15,17H2,1-4H3. The lowest BCUT2D eigenvalue weighted by molar-refractivity contribution is -0.131. The Labute approximate surface area is 173 Å². The number of hydrogen-bond donors (Lipinski definition) is 0. The summed E-state index contributed by atoms with van der Waals surface area (Å²) in [5.41, 5.74) is 1.13. The molecule has 0 unspecified atom stereocenters. The summed E-state index contributed by atoms with van der Waals surface area (Å²) in [6, 6.07) is 7.94. The van der Waals surface area contributed by atoms with Crippen LogP contribution in [0.2, 0.25) is 0 Å². The van der Waals surface area contributed by atoms with Crippen LogP contribution in [0.1, 0.15) is 50.8 Å². The van der Waals surface area contributed by atoms with Gasteiger partial charge in [-0.25, -0.2) is 4.98 Å². The van der Waals surface area contributed by atoms with Crippen molar-refractivity contribution in [3.63, 3.8) is 0 Å². The fourth-order valence-corrected chi connectivity index (χ4v) is 3.50. The highest BCUT2D eigenvalue weighted by molar-refractivity contribution is 5.76. The summed E-state index contributed by atoms with van der Waals surface area (Å²) < 4.78 is 11.1. The second-order valence-corrected chi connectivity index (χ2v) is 8.73. The highest BCUT2D eigenvalue weighted by Crippen LogP contribution is 2.23. The van der Waals surface area contributed by atoms with Gasteiger partial charge in [0.2, 0.25) is 11.8 Å². The summed E-state index contributed by atoms with van der Waals surface area (Å²) in [6.07, 6.45) is 4.11. The molecule has 0 bridgehead atoms. The van der Waals surface area contributed by atoms with Gasteiger partial charge in [0.05, 0.1) is 19.9 Å². The van der Waals surface area contributed by atoms with E-state index in [0.717, 1.165) is 62.0 Å². The van der Waals surface area contributed by atoms with Crippen LogP contribution in [0.15, 0.2) is 34.9 Å². The van der Waals surface area contributed by atoms with E-state index in [0.29, 0.717) is 13.0 Å². The van der Waals surface area contributed by atoms with Gasteiger partial charge in [-0.3, -0.25) is 9.69 Å². The van der Waals surface area contributed by atoms with Crippen molar-refractivity contribution < 1.29 is 13.9 Å². The Balaban J connectivity index is 1.47. The van der Waals surface area contributed by atoms with Gasteiger partial charge in [-0.15, -0.1) is 0 Å². The fourth-order valence-electron chi connectivity index (χ4n) is 3.50. The van der Waals surface area contributed by atoms with Gasteiger partial charge in [-0.05, 0) is 30.5 Å². The second kappa shape index (κ2) is 9.44. The van der Waals surface area contributed by atoms with Crippen LogP contribution >= 0.6 is 0 Å². The van der Waals surface area contributed by atoms with Gasteiger partial charge in [-0.1, -0.05) is 32.9 Å². The third kappa shape index (κ3) is 6.07. The molecule has 0 atom stereocenters. The minimum absolute atomic E-state index is 0.0306. The molecule has 1 aromatic heterocycles. The maximum absolute atomic E-state index is 12.7. The number of rotatable bonds is 6. The molecule has 1 saturated heterocycles. The van der Waals surface area contributed by atoms with E-state index < -0.39 is 0 Å². The number of nitrogens with zero attached hydrogens (tertiary/aromatic N) is 3. The summed E-state index contributed by atoms with van der Waals surface area (Å²) in [6.45, 7) is 10.4. The molecule has 0 saturated carbocycles. The molecule has 6 nitrogen and oxygen atoms in total. The summed E-state index contributed by atoms with van der Waals surface area (Å²) in [5.74, 6) is 2.74. The lowest BCUT2D eigenvalue weighted by atomic mass is 9.94. The van der Waals surface area contributed by atoms with Gasteiger partial charge in [-0.2, -0.15) is 0 Å². The Bertz CT molecular complexity index is 792. The average Bonchev–Trinajstić information content (AvgIpc) is 3.05. The number of methoxy groups -OCH3 is 1. The van der Waals surface area contributed by atoms with E-state index in [1.165, 1.54) is 0 Å². The first-order chi connectivity index (χ1) is 13.8. The maximum Gasteiger partial charge on any atom is 0.222 e. The van der Waals surface area contributed by atoms with Crippen LogP contribution in [0.5, 0.6) is 5.75 Å². The number of benzene rings is 1. The van der Waals surface area contributed by atoms with E-state index >= 15 is 0 Å². The van der Waals surface area contributed by atoms with Crippen molar-refractivity contribution in [1.29, 1.82) is 0 Å². The topological polar surface area (TPSA) is 58.8 Å². The van der Waals surface area contributed by atoms with E-state index in [1.807, 2.05) is 35.4 Å². The Kier molecular flexibility index (Phi) is 6.96. The Hall–Kier alpha value is -2.34. The summed E-state index contributed by atoms with van der Waals surface area (Å²) >= 11 is 0. The number of hydrogen-bond acceptors (Lipinski definition) is 5. The van der Waals surface area contributed by atoms with Crippen molar-refractivity contribution in [2.45, 2.75) is 52.0 Å². The third-order valence-corrected chi connectivity index (χ3v) is 5.38. The second-order valence-electron chi connectivity index (χ2n) is 8.73. The smallest absolute Gasteiger partial charge is 0.222 e. The van der Waals surface area contributed by atoms with Crippen LogP contribution in [0.4, 0.5) is 0 Å². The molecule has 29 heavy (non-hydrogen) atoms. The molecule has 1 aliphatic rings. The molecule has 1 fully saturated rings. The highest BCUT2D eigenvalue weighted by atomic mass is 16.5. The van der Waals surface area contributed by atoms with E-state index in [2.05, 4.69) is 30.7 Å². The van der Waals surface area contributed by atoms with Crippen molar-refractivity contribution in [3.8, 4) is 5.75 Å². The van der Waals surface area contributed by atoms with Crippen LogP contribution < -0.4 is 4.74 Å². The predicted octanol–water partition coefficient (Wildman–Crippen LogP) is 3.65. The fraction of sp³-hybridized carbons (Fsp3) is 0.565. The minimum Gasteiger partial charge on any atom is -0.497 e. The Morgan fingerprint density at radius 3 is 2.55 bits per heavy atom. The summed E-state index contributed by atoms with van der Waals surface area (Å²) in [7, 11) is 1.66. The Morgan fingerprint density at radius 2 is 1.90 bits per heavy atom. The normalized spacial score (nSPS) is 15.9. The zero-order chi connectivity index (χ0) is 20.9. The molecule has 3 rings (SSSR count). The van der Waals surface area contributed by atoms with Crippen LogP contribution in [0.3, 0.4) is 0 Å². The molecule has 6 heteroatoms. The lowest BCUT2D eigenvalue weighted by Crippen LogP contribution is -2.35. The van der Waals surface area contributed by atoms with Gasteiger partial charge < -0.3 is 14.1 Å². The summed E-state index contributed by atoms with van der Waals surface area (Å²) in [4.78, 5) is 21.4. The third-order valence-electron chi connectivity index (χ3n) is 5.38.